The Hall–Kier alpha value is -0.700. The van der Waals surface area contributed by atoms with Crippen LogP contribution in [-0.4, -0.2) is 28.0 Å². The van der Waals surface area contributed by atoms with E-state index in [9.17, 15) is 0 Å². The highest BCUT2D eigenvalue weighted by Gasteiger charge is 2.14. The van der Waals surface area contributed by atoms with Crippen molar-refractivity contribution >= 4 is 17.5 Å². The molecule has 1 aromatic rings. The first-order valence-electron chi connectivity index (χ1n) is 5.04. The zero-order valence-electron chi connectivity index (χ0n) is 9.07. The SMILES string of the molecule is CCn1ccnc1N(CCCl)C(C)C. The van der Waals surface area contributed by atoms with E-state index in [-0.39, 0.29) is 0 Å². The van der Waals surface area contributed by atoms with E-state index in [4.69, 9.17) is 11.6 Å². The van der Waals surface area contributed by atoms with Gasteiger partial charge in [0.15, 0.2) is 0 Å². The third-order valence-corrected chi connectivity index (χ3v) is 2.41. The topological polar surface area (TPSA) is 21.1 Å². The summed E-state index contributed by atoms with van der Waals surface area (Å²) in [5.74, 6) is 1.65. The number of nitrogens with zero attached hydrogens (tertiary/aromatic N) is 3. The first-order chi connectivity index (χ1) is 6.70. The summed E-state index contributed by atoms with van der Waals surface area (Å²) < 4.78 is 2.13. The number of hydrogen-bond donors (Lipinski definition) is 0. The lowest BCUT2D eigenvalue weighted by Gasteiger charge is -2.27. The van der Waals surface area contributed by atoms with E-state index < -0.39 is 0 Å². The molecule has 0 aliphatic heterocycles. The summed E-state index contributed by atoms with van der Waals surface area (Å²) in [5, 5.41) is 0. The van der Waals surface area contributed by atoms with Gasteiger partial charge in [-0.25, -0.2) is 4.98 Å². The second kappa shape index (κ2) is 5.25. The van der Waals surface area contributed by atoms with E-state index in [1.807, 2.05) is 12.4 Å². The quantitative estimate of drug-likeness (QED) is 0.704. The number of rotatable bonds is 5. The minimum Gasteiger partial charge on any atom is -0.339 e. The molecule has 0 unspecified atom stereocenters. The third kappa shape index (κ3) is 2.41. The van der Waals surface area contributed by atoms with Crippen molar-refractivity contribution in [2.45, 2.75) is 33.4 Å². The van der Waals surface area contributed by atoms with Crippen LogP contribution in [0, 0.1) is 0 Å². The van der Waals surface area contributed by atoms with Crippen LogP contribution >= 0.6 is 11.6 Å². The molecule has 0 atom stereocenters. The lowest BCUT2D eigenvalue weighted by atomic mass is 10.3. The van der Waals surface area contributed by atoms with Crippen LogP contribution < -0.4 is 4.90 Å². The zero-order chi connectivity index (χ0) is 10.6. The Labute approximate surface area is 90.7 Å². The molecule has 3 nitrogen and oxygen atoms in total. The molecule has 0 fully saturated rings. The fourth-order valence-corrected chi connectivity index (χ4v) is 1.67. The van der Waals surface area contributed by atoms with E-state index in [2.05, 4.69) is 35.2 Å². The van der Waals surface area contributed by atoms with Crippen molar-refractivity contribution in [2.24, 2.45) is 0 Å². The molecule has 0 aliphatic carbocycles. The normalized spacial score (nSPS) is 10.9. The Morgan fingerprint density at radius 2 is 2.29 bits per heavy atom. The van der Waals surface area contributed by atoms with Gasteiger partial charge < -0.3 is 9.47 Å². The molecule has 0 amide bonds. The highest BCUT2D eigenvalue weighted by Crippen LogP contribution is 2.14. The van der Waals surface area contributed by atoms with Crippen LogP contribution in [0.25, 0.3) is 0 Å². The van der Waals surface area contributed by atoms with Crippen molar-refractivity contribution in [1.82, 2.24) is 9.55 Å². The fourth-order valence-electron chi connectivity index (χ4n) is 1.49. The summed E-state index contributed by atoms with van der Waals surface area (Å²) in [4.78, 5) is 6.58. The van der Waals surface area contributed by atoms with Crippen LogP contribution in [0.5, 0.6) is 0 Å². The van der Waals surface area contributed by atoms with Gasteiger partial charge in [-0.2, -0.15) is 0 Å². The van der Waals surface area contributed by atoms with Crippen molar-refractivity contribution in [2.75, 3.05) is 17.3 Å². The predicted molar refractivity (Wildman–Crippen MR) is 61.1 cm³/mol. The molecule has 1 heterocycles. The second-order valence-electron chi connectivity index (χ2n) is 3.49. The lowest BCUT2D eigenvalue weighted by Crippen LogP contribution is -2.34. The molecule has 14 heavy (non-hydrogen) atoms. The molecule has 0 saturated heterocycles. The fraction of sp³-hybridized carbons (Fsp3) is 0.700. The summed E-state index contributed by atoms with van der Waals surface area (Å²) in [5.41, 5.74) is 0. The Kier molecular flexibility index (Phi) is 4.26. The minimum absolute atomic E-state index is 0.432. The van der Waals surface area contributed by atoms with Crippen molar-refractivity contribution in [3.63, 3.8) is 0 Å². The average Bonchev–Trinajstić information content (AvgIpc) is 2.61. The van der Waals surface area contributed by atoms with Gasteiger partial charge in [-0.1, -0.05) is 0 Å². The van der Waals surface area contributed by atoms with E-state index in [1.54, 1.807) is 0 Å². The van der Waals surface area contributed by atoms with Gasteiger partial charge >= 0.3 is 0 Å². The second-order valence-corrected chi connectivity index (χ2v) is 3.87. The monoisotopic (exact) mass is 215 g/mol. The average molecular weight is 216 g/mol. The summed E-state index contributed by atoms with van der Waals surface area (Å²) in [6.45, 7) is 8.21. The number of imidazole rings is 1. The number of anilines is 1. The summed E-state index contributed by atoms with van der Waals surface area (Å²) in [7, 11) is 0. The first kappa shape index (κ1) is 11.4. The molecule has 0 radical (unpaired) electrons. The number of aryl methyl sites for hydroxylation is 1. The van der Waals surface area contributed by atoms with Crippen molar-refractivity contribution < 1.29 is 0 Å². The molecule has 0 saturated carbocycles. The molecule has 80 valence electrons. The number of hydrogen-bond acceptors (Lipinski definition) is 2. The molecule has 0 aromatic carbocycles. The zero-order valence-corrected chi connectivity index (χ0v) is 9.83. The van der Waals surface area contributed by atoms with E-state index in [0.717, 1.165) is 19.0 Å². The standard InChI is InChI=1S/C10H18ClN3/c1-4-13-8-6-12-10(13)14(7-5-11)9(2)3/h6,8-9H,4-5,7H2,1-3H3. The van der Waals surface area contributed by atoms with E-state index in [0.29, 0.717) is 11.9 Å². The van der Waals surface area contributed by atoms with Crippen molar-refractivity contribution in [3.05, 3.63) is 12.4 Å². The van der Waals surface area contributed by atoms with Gasteiger partial charge in [-0.3, -0.25) is 0 Å². The van der Waals surface area contributed by atoms with Gasteiger partial charge in [0.2, 0.25) is 5.95 Å². The van der Waals surface area contributed by atoms with Crippen molar-refractivity contribution in [1.29, 1.82) is 0 Å². The largest absolute Gasteiger partial charge is 0.339 e. The van der Waals surface area contributed by atoms with Crippen LogP contribution in [-0.2, 0) is 6.54 Å². The smallest absolute Gasteiger partial charge is 0.205 e. The molecule has 1 aromatic heterocycles. The predicted octanol–water partition coefficient (Wildman–Crippen LogP) is 2.36. The molecule has 4 heteroatoms. The van der Waals surface area contributed by atoms with Gasteiger partial charge in [-0.05, 0) is 20.8 Å². The highest BCUT2D eigenvalue weighted by atomic mass is 35.5. The van der Waals surface area contributed by atoms with Gasteiger partial charge in [0.05, 0.1) is 0 Å². The third-order valence-electron chi connectivity index (χ3n) is 2.24. The molecular formula is C10H18ClN3. The highest BCUT2D eigenvalue weighted by molar-refractivity contribution is 6.18. The minimum atomic E-state index is 0.432. The van der Waals surface area contributed by atoms with Crippen LogP contribution in [0.1, 0.15) is 20.8 Å². The van der Waals surface area contributed by atoms with Crippen LogP contribution in [0.15, 0.2) is 12.4 Å². The molecule has 0 bridgehead atoms. The Morgan fingerprint density at radius 1 is 1.57 bits per heavy atom. The maximum Gasteiger partial charge on any atom is 0.205 e. The van der Waals surface area contributed by atoms with Crippen molar-refractivity contribution in [3.8, 4) is 0 Å². The molecule has 1 rings (SSSR count). The van der Waals surface area contributed by atoms with E-state index >= 15 is 0 Å². The van der Waals surface area contributed by atoms with Gasteiger partial charge in [0.1, 0.15) is 0 Å². The number of halogens is 1. The molecule has 0 spiro atoms. The van der Waals surface area contributed by atoms with Gasteiger partial charge in [0, 0.05) is 37.4 Å². The maximum absolute atomic E-state index is 5.77. The van der Waals surface area contributed by atoms with Crippen LogP contribution in [0.4, 0.5) is 5.95 Å². The first-order valence-corrected chi connectivity index (χ1v) is 5.57. The maximum atomic E-state index is 5.77. The Bertz CT molecular complexity index is 270. The van der Waals surface area contributed by atoms with Crippen LogP contribution in [0.3, 0.4) is 0 Å². The molecule has 0 aliphatic rings. The van der Waals surface area contributed by atoms with Crippen LogP contribution in [0.2, 0.25) is 0 Å². The number of aromatic nitrogens is 2. The number of alkyl halides is 1. The van der Waals surface area contributed by atoms with Gasteiger partial charge in [0.25, 0.3) is 0 Å². The Balaban J connectivity index is 2.86. The molecular weight excluding hydrogens is 198 g/mol. The summed E-state index contributed by atoms with van der Waals surface area (Å²) in [6.07, 6.45) is 3.83. The van der Waals surface area contributed by atoms with Gasteiger partial charge in [-0.15, -0.1) is 11.6 Å². The lowest BCUT2D eigenvalue weighted by molar-refractivity contribution is 0.644. The summed E-state index contributed by atoms with van der Waals surface area (Å²) >= 11 is 5.77. The Morgan fingerprint density at radius 3 is 2.79 bits per heavy atom. The van der Waals surface area contributed by atoms with E-state index in [1.165, 1.54) is 0 Å². The summed E-state index contributed by atoms with van der Waals surface area (Å²) in [6, 6.07) is 0.432. The molecule has 0 N–H and O–H groups in total.